The van der Waals surface area contributed by atoms with Crippen LogP contribution in [-0.4, -0.2) is 20.9 Å². The minimum atomic E-state index is -3.79. The molecule has 2 heterocycles. The zero-order chi connectivity index (χ0) is 25.1. The number of fused-ring (bicyclic) bond motifs is 4. The molecule has 0 spiro atoms. The number of hydrogen-bond acceptors (Lipinski definition) is 4. The standard InChI is InChI=1S/C31H20BNO3S/c34-31-23-12-4-9-17-29(23)37(35,36)30-19-18-22(20-24(30)31)33-27-15-7-5-13-25(27)32(21-10-2-1-3-11-21)26-14-6-8-16-28(26)33/h1-20H. The Hall–Kier alpha value is -4.42. The second kappa shape index (κ2) is 8.05. The molecule has 0 atom stereocenters. The molecule has 0 aromatic heterocycles. The van der Waals surface area contributed by atoms with Gasteiger partial charge in [-0.2, -0.15) is 0 Å². The van der Waals surface area contributed by atoms with Gasteiger partial charge in [0.25, 0.3) is 0 Å². The third-order valence-corrected chi connectivity index (χ3v) is 9.16. The summed E-state index contributed by atoms with van der Waals surface area (Å²) in [6, 6.07) is 38.5. The van der Waals surface area contributed by atoms with Gasteiger partial charge in [0.05, 0.1) is 9.79 Å². The van der Waals surface area contributed by atoms with Crippen LogP contribution in [0.15, 0.2) is 131 Å². The van der Waals surface area contributed by atoms with Gasteiger partial charge in [0.1, 0.15) is 0 Å². The fraction of sp³-hybridized carbons (Fsp3) is 0. The Morgan fingerprint density at radius 3 is 1.84 bits per heavy atom. The Kier molecular flexibility index (Phi) is 4.75. The molecule has 0 amide bonds. The van der Waals surface area contributed by atoms with E-state index >= 15 is 0 Å². The number of carbonyl (C=O) groups excluding carboxylic acids is 1. The Labute approximate surface area is 215 Å². The first-order chi connectivity index (χ1) is 18.1. The van der Waals surface area contributed by atoms with E-state index in [1.54, 1.807) is 36.4 Å². The summed E-state index contributed by atoms with van der Waals surface area (Å²) in [6.45, 7) is 0.0522. The van der Waals surface area contributed by atoms with Crippen molar-refractivity contribution in [1.82, 2.24) is 0 Å². The topological polar surface area (TPSA) is 54.5 Å². The Morgan fingerprint density at radius 2 is 1.14 bits per heavy atom. The molecule has 0 radical (unpaired) electrons. The van der Waals surface area contributed by atoms with Crippen LogP contribution in [0.25, 0.3) is 0 Å². The largest absolute Gasteiger partial charge is 0.311 e. The molecule has 0 fully saturated rings. The molecule has 2 aliphatic rings. The number of rotatable bonds is 2. The highest BCUT2D eigenvalue weighted by molar-refractivity contribution is 7.91. The van der Waals surface area contributed by atoms with E-state index in [1.807, 2.05) is 30.3 Å². The van der Waals surface area contributed by atoms with Gasteiger partial charge in [-0.25, -0.2) is 8.42 Å². The molecule has 0 aliphatic carbocycles. The SMILES string of the molecule is O=C1c2ccccc2S(=O)(=O)c2ccc(N3c4ccccc4B(c4ccccc4)c4ccccc43)cc21. The van der Waals surface area contributed by atoms with Gasteiger partial charge in [0, 0.05) is 28.2 Å². The fourth-order valence-corrected chi connectivity index (χ4v) is 7.30. The van der Waals surface area contributed by atoms with Crippen molar-refractivity contribution in [1.29, 1.82) is 0 Å². The first-order valence-electron chi connectivity index (χ1n) is 12.1. The van der Waals surface area contributed by atoms with Crippen LogP contribution in [0.4, 0.5) is 17.1 Å². The number of sulfone groups is 1. The average molecular weight is 497 g/mol. The molecular weight excluding hydrogens is 477 g/mol. The van der Waals surface area contributed by atoms with Crippen molar-refractivity contribution < 1.29 is 13.2 Å². The molecule has 0 N–H and O–H groups in total. The highest BCUT2D eigenvalue weighted by atomic mass is 32.2. The number of para-hydroxylation sites is 2. The lowest BCUT2D eigenvalue weighted by Gasteiger charge is -2.37. The predicted molar refractivity (Wildman–Crippen MR) is 148 cm³/mol. The first-order valence-corrected chi connectivity index (χ1v) is 13.6. The maximum Gasteiger partial charge on any atom is 0.246 e. The lowest BCUT2D eigenvalue weighted by atomic mass is 9.35. The van der Waals surface area contributed by atoms with Crippen LogP contribution in [0, 0.1) is 0 Å². The van der Waals surface area contributed by atoms with Crippen molar-refractivity contribution in [3.8, 4) is 0 Å². The predicted octanol–water partition coefficient (Wildman–Crippen LogP) is 4.36. The number of anilines is 3. The number of carbonyl (C=O) groups is 1. The summed E-state index contributed by atoms with van der Waals surface area (Å²) < 4.78 is 26.7. The van der Waals surface area contributed by atoms with Crippen molar-refractivity contribution in [3.63, 3.8) is 0 Å². The normalized spacial score (nSPS) is 14.9. The Bertz CT molecular complexity index is 1790. The van der Waals surface area contributed by atoms with Crippen LogP contribution in [-0.2, 0) is 9.84 Å². The molecule has 0 unspecified atom stereocenters. The van der Waals surface area contributed by atoms with Gasteiger partial charge in [0.15, 0.2) is 5.78 Å². The molecule has 0 saturated carbocycles. The van der Waals surface area contributed by atoms with E-state index in [4.69, 9.17) is 0 Å². The van der Waals surface area contributed by atoms with Gasteiger partial charge in [-0.05, 0) is 53.4 Å². The molecule has 7 rings (SSSR count). The molecule has 0 bridgehead atoms. The van der Waals surface area contributed by atoms with Crippen LogP contribution in [0.1, 0.15) is 15.9 Å². The third-order valence-electron chi connectivity index (χ3n) is 7.29. The van der Waals surface area contributed by atoms with E-state index in [2.05, 4.69) is 53.4 Å². The highest BCUT2D eigenvalue weighted by Crippen LogP contribution is 2.40. The van der Waals surface area contributed by atoms with Gasteiger partial charge in [-0.15, -0.1) is 0 Å². The lowest BCUT2D eigenvalue weighted by Crippen LogP contribution is -2.57. The summed E-state index contributed by atoms with van der Waals surface area (Å²) in [5, 5.41) is 0. The van der Waals surface area contributed by atoms with Crippen LogP contribution in [0.2, 0.25) is 0 Å². The molecule has 4 nitrogen and oxygen atoms in total. The van der Waals surface area contributed by atoms with Crippen LogP contribution >= 0.6 is 0 Å². The zero-order valence-electron chi connectivity index (χ0n) is 19.7. The summed E-state index contributed by atoms with van der Waals surface area (Å²) in [7, 11) is -3.79. The van der Waals surface area contributed by atoms with Crippen molar-refractivity contribution in [2.24, 2.45) is 0 Å². The number of nitrogens with zero attached hydrogens (tertiary/aromatic N) is 1. The summed E-state index contributed by atoms with van der Waals surface area (Å²) >= 11 is 0. The second-order valence-electron chi connectivity index (χ2n) is 9.31. The van der Waals surface area contributed by atoms with Crippen LogP contribution in [0.5, 0.6) is 0 Å². The van der Waals surface area contributed by atoms with Gasteiger partial charge in [0.2, 0.25) is 16.6 Å². The molecular formula is C31H20BNO3S. The zero-order valence-corrected chi connectivity index (χ0v) is 20.5. The lowest BCUT2D eigenvalue weighted by molar-refractivity contribution is 0.103. The van der Waals surface area contributed by atoms with Gasteiger partial charge in [-0.3, -0.25) is 4.79 Å². The smallest absolute Gasteiger partial charge is 0.246 e. The first kappa shape index (κ1) is 21.8. The maximum absolute atomic E-state index is 13.5. The number of benzene rings is 5. The van der Waals surface area contributed by atoms with E-state index in [1.165, 1.54) is 11.5 Å². The molecule has 5 aromatic carbocycles. The van der Waals surface area contributed by atoms with Crippen LogP contribution < -0.4 is 21.3 Å². The quantitative estimate of drug-likeness (QED) is 0.333. The summed E-state index contributed by atoms with van der Waals surface area (Å²) in [5.74, 6) is -0.275. The molecule has 176 valence electrons. The maximum atomic E-state index is 13.5. The minimum Gasteiger partial charge on any atom is -0.311 e. The Balaban J connectivity index is 1.46. The van der Waals surface area contributed by atoms with E-state index in [0.717, 1.165) is 28.0 Å². The van der Waals surface area contributed by atoms with Gasteiger partial charge < -0.3 is 4.90 Å². The third kappa shape index (κ3) is 3.16. The van der Waals surface area contributed by atoms with Crippen molar-refractivity contribution in [2.45, 2.75) is 9.79 Å². The van der Waals surface area contributed by atoms with Crippen molar-refractivity contribution in [2.75, 3.05) is 4.90 Å². The molecule has 2 aliphatic heterocycles. The monoisotopic (exact) mass is 497 g/mol. The summed E-state index contributed by atoms with van der Waals surface area (Å²) in [5.41, 5.74) is 6.66. The summed E-state index contributed by atoms with van der Waals surface area (Å²) in [6.07, 6.45) is 0. The number of ketones is 1. The summed E-state index contributed by atoms with van der Waals surface area (Å²) in [4.78, 5) is 15.7. The fourth-order valence-electron chi connectivity index (χ4n) is 5.67. The molecule has 37 heavy (non-hydrogen) atoms. The van der Waals surface area contributed by atoms with Gasteiger partial charge in [-0.1, -0.05) is 84.3 Å². The molecule has 0 saturated heterocycles. The van der Waals surface area contributed by atoms with E-state index < -0.39 is 9.84 Å². The Morgan fingerprint density at radius 1 is 0.568 bits per heavy atom. The van der Waals surface area contributed by atoms with Crippen molar-refractivity contribution in [3.05, 3.63) is 132 Å². The van der Waals surface area contributed by atoms with Crippen molar-refractivity contribution >= 4 is 55.8 Å². The molecule has 6 heteroatoms. The highest BCUT2D eigenvalue weighted by Gasteiger charge is 2.37. The van der Waals surface area contributed by atoms with E-state index in [0.29, 0.717) is 0 Å². The second-order valence-corrected chi connectivity index (χ2v) is 11.2. The van der Waals surface area contributed by atoms with Crippen LogP contribution in [0.3, 0.4) is 0 Å². The number of hydrogen-bond donors (Lipinski definition) is 0. The van der Waals surface area contributed by atoms with Gasteiger partial charge >= 0.3 is 0 Å². The minimum absolute atomic E-state index is 0.0522. The van der Waals surface area contributed by atoms with E-state index in [-0.39, 0.29) is 33.4 Å². The molecule has 5 aromatic rings. The average Bonchev–Trinajstić information content (AvgIpc) is 2.95. The van der Waals surface area contributed by atoms with E-state index in [9.17, 15) is 13.2 Å².